The fraction of sp³-hybridized carbons (Fsp3) is 0.357. The van der Waals surface area contributed by atoms with E-state index in [1.54, 1.807) is 11.7 Å². The molecule has 3 rings (SSSR count). The van der Waals surface area contributed by atoms with Crippen molar-refractivity contribution >= 4 is 0 Å². The van der Waals surface area contributed by atoms with Crippen LogP contribution in [0.15, 0.2) is 24.3 Å². The van der Waals surface area contributed by atoms with Gasteiger partial charge < -0.3 is 5.32 Å². The molecule has 1 atom stereocenters. The molecule has 0 amide bonds. The van der Waals surface area contributed by atoms with Crippen molar-refractivity contribution in [1.29, 1.82) is 0 Å². The maximum Gasteiger partial charge on any atom is 0.135 e. The molecule has 0 bridgehead atoms. The van der Waals surface area contributed by atoms with Crippen LogP contribution in [0.4, 0.5) is 8.78 Å². The summed E-state index contributed by atoms with van der Waals surface area (Å²) in [4.78, 5) is 0. The van der Waals surface area contributed by atoms with E-state index in [4.69, 9.17) is 0 Å². The number of halogens is 2. The van der Waals surface area contributed by atoms with Crippen LogP contribution in [0.3, 0.4) is 0 Å². The Balaban J connectivity index is 2.00. The maximum absolute atomic E-state index is 13.8. The molecule has 3 nitrogen and oxygen atoms in total. The van der Waals surface area contributed by atoms with Crippen LogP contribution in [-0.4, -0.2) is 16.3 Å². The molecule has 1 aromatic carbocycles. The fourth-order valence-electron chi connectivity index (χ4n) is 2.55. The van der Waals surface area contributed by atoms with Crippen molar-refractivity contribution in [3.05, 3.63) is 41.6 Å². The lowest BCUT2D eigenvalue weighted by Crippen LogP contribution is -2.13. The first-order valence-corrected chi connectivity index (χ1v) is 6.38. The van der Waals surface area contributed by atoms with Crippen LogP contribution in [0.5, 0.6) is 0 Å². The second-order valence-electron chi connectivity index (χ2n) is 4.85. The molecule has 0 radical (unpaired) electrons. The number of hydrogen-bond donors (Lipinski definition) is 1. The predicted molar refractivity (Wildman–Crippen MR) is 68.5 cm³/mol. The zero-order valence-electron chi connectivity index (χ0n) is 10.7. The molecule has 1 fully saturated rings. The lowest BCUT2D eigenvalue weighted by molar-refractivity contribution is 0.583. The quantitative estimate of drug-likeness (QED) is 0.903. The molecule has 1 saturated heterocycles. The molecule has 0 spiro atoms. The van der Waals surface area contributed by atoms with E-state index < -0.39 is 11.6 Å². The van der Waals surface area contributed by atoms with Crippen LogP contribution in [0.25, 0.3) is 11.3 Å². The maximum atomic E-state index is 13.8. The Labute approximate surface area is 110 Å². The standard InChI is InChI=1S/C14H15F2N3/c1-19-14(10-5-4-9(15)7-11(10)16)8-13(18-19)12-3-2-6-17-12/h4-5,7-8,12,17H,2-3,6H2,1H3. The number of nitrogens with one attached hydrogen (secondary N) is 1. The molecule has 1 unspecified atom stereocenters. The number of aryl methyl sites for hydroxylation is 1. The van der Waals surface area contributed by atoms with Gasteiger partial charge in [-0.15, -0.1) is 0 Å². The van der Waals surface area contributed by atoms with E-state index in [9.17, 15) is 8.78 Å². The summed E-state index contributed by atoms with van der Waals surface area (Å²) >= 11 is 0. The summed E-state index contributed by atoms with van der Waals surface area (Å²) in [5.74, 6) is -1.13. The summed E-state index contributed by atoms with van der Waals surface area (Å²) in [6.45, 7) is 0.988. The topological polar surface area (TPSA) is 29.9 Å². The van der Waals surface area contributed by atoms with Gasteiger partial charge in [-0.05, 0) is 37.6 Å². The van der Waals surface area contributed by atoms with Crippen molar-refractivity contribution < 1.29 is 8.78 Å². The monoisotopic (exact) mass is 263 g/mol. The van der Waals surface area contributed by atoms with Gasteiger partial charge in [-0.3, -0.25) is 4.68 Å². The Morgan fingerprint density at radius 2 is 2.16 bits per heavy atom. The highest BCUT2D eigenvalue weighted by atomic mass is 19.1. The molecule has 0 aliphatic carbocycles. The van der Waals surface area contributed by atoms with Crippen molar-refractivity contribution in [2.75, 3.05) is 6.54 Å². The molecule has 1 aromatic heterocycles. The SMILES string of the molecule is Cn1nc(C2CCCN2)cc1-c1ccc(F)cc1F. The largest absolute Gasteiger partial charge is 0.309 e. The highest BCUT2D eigenvalue weighted by molar-refractivity contribution is 5.61. The average Bonchev–Trinajstić information content (AvgIpc) is 2.98. The van der Waals surface area contributed by atoms with E-state index >= 15 is 0 Å². The van der Waals surface area contributed by atoms with Crippen molar-refractivity contribution in [3.63, 3.8) is 0 Å². The minimum Gasteiger partial charge on any atom is -0.309 e. The first kappa shape index (κ1) is 12.3. The van der Waals surface area contributed by atoms with E-state index in [1.807, 2.05) is 6.07 Å². The van der Waals surface area contributed by atoms with Gasteiger partial charge in [0.05, 0.1) is 17.4 Å². The van der Waals surface area contributed by atoms with E-state index in [0.717, 1.165) is 31.1 Å². The molecule has 1 aliphatic heterocycles. The summed E-state index contributed by atoms with van der Waals surface area (Å²) in [6.07, 6.45) is 2.17. The lowest BCUT2D eigenvalue weighted by Gasteiger charge is -2.04. The van der Waals surface area contributed by atoms with Crippen molar-refractivity contribution in [2.24, 2.45) is 7.05 Å². The minimum atomic E-state index is -0.568. The minimum absolute atomic E-state index is 0.239. The lowest BCUT2D eigenvalue weighted by atomic mass is 10.1. The summed E-state index contributed by atoms with van der Waals surface area (Å²) < 4.78 is 28.4. The third-order valence-electron chi connectivity index (χ3n) is 3.52. The summed E-state index contributed by atoms with van der Waals surface area (Å²) in [7, 11) is 1.77. The van der Waals surface area contributed by atoms with E-state index in [1.165, 1.54) is 12.1 Å². The number of nitrogens with zero attached hydrogens (tertiary/aromatic N) is 2. The van der Waals surface area contributed by atoms with Crippen LogP contribution in [0.2, 0.25) is 0 Å². The van der Waals surface area contributed by atoms with Gasteiger partial charge >= 0.3 is 0 Å². The summed E-state index contributed by atoms with van der Waals surface area (Å²) in [6, 6.07) is 5.73. The van der Waals surface area contributed by atoms with Gasteiger partial charge in [-0.1, -0.05) is 0 Å². The van der Waals surface area contributed by atoms with Gasteiger partial charge in [0, 0.05) is 18.7 Å². The first-order chi connectivity index (χ1) is 9.15. The van der Waals surface area contributed by atoms with Crippen LogP contribution in [0.1, 0.15) is 24.6 Å². The Morgan fingerprint density at radius 3 is 2.84 bits per heavy atom. The first-order valence-electron chi connectivity index (χ1n) is 6.38. The van der Waals surface area contributed by atoms with Gasteiger partial charge in [-0.25, -0.2) is 8.78 Å². The number of hydrogen-bond acceptors (Lipinski definition) is 2. The summed E-state index contributed by atoms with van der Waals surface area (Å²) in [5.41, 5.74) is 1.96. The predicted octanol–water partition coefficient (Wildman–Crippen LogP) is 2.79. The normalized spacial score (nSPS) is 19.0. The smallest absolute Gasteiger partial charge is 0.135 e. The molecule has 2 aromatic rings. The van der Waals surface area contributed by atoms with Crippen molar-refractivity contribution in [2.45, 2.75) is 18.9 Å². The second kappa shape index (κ2) is 4.74. The Hall–Kier alpha value is -1.75. The van der Waals surface area contributed by atoms with Gasteiger partial charge in [0.2, 0.25) is 0 Å². The molecule has 0 saturated carbocycles. The van der Waals surface area contributed by atoms with Gasteiger partial charge in [0.25, 0.3) is 0 Å². The highest BCUT2D eigenvalue weighted by Gasteiger charge is 2.21. The molecule has 2 heterocycles. The molecule has 1 N–H and O–H groups in total. The molecular weight excluding hydrogens is 248 g/mol. The molecule has 5 heteroatoms. The zero-order valence-corrected chi connectivity index (χ0v) is 10.7. The second-order valence-corrected chi connectivity index (χ2v) is 4.85. The van der Waals surface area contributed by atoms with Crippen LogP contribution < -0.4 is 5.32 Å². The molecule has 100 valence electrons. The number of benzene rings is 1. The van der Waals surface area contributed by atoms with Crippen LogP contribution in [-0.2, 0) is 7.05 Å². The Kier molecular flexibility index (Phi) is 3.06. The Bertz CT molecular complexity index is 601. The average molecular weight is 263 g/mol. The van der Waals surface area contributed by atoms with E-state index in [-0.39, 0.29) is 6.04 Å². The van der Waals surface area contributed by atoms with Gasteiger partial charge in [0.1, 0.15) is 11.6 Å². The van der Waals surface area contributed by atoms with Crippen LogP contribution in [0, 0.1) is 11.6 Å². The number of aromatic nitrogens is 2. The zero-order chi connectivity index (χ0) is 13.4. The highest BCUT2D eigenvalue weighted by Crippen LogP contribution is 2.28. The van der Waals surface area contributed by atoms with Gasteiger partial charge in [0.15, 0.2) is 0 Å². The third kappa shape index (κ3) is 2.26. The molecule has 19 heavy (non-hydrogen) atoms. The number of rotatable bonds is 2. The summed E-state index contributed by atoms with van der Waals surface area (Å²) in [5, 5.41) is 7.79. The van der Waals surface area contributed by atoms with E-state index in [2.05, 4.69) is 10.4 Å². The molecular formula is C14H15F2N3. The van der Waals surface area contributed by atoms with Crippen molar-refractivity contribution in [3.8, 4) is 11.3 Å². The fourth-order valence-corrected chi connectivity index (χ4v) is 2.55. The van der Waals surface area contributed by atoms with Gasteiger partial charge in [-0.2, -0.15) is 5.10 Å². The van der Waals surface area contributed by atoms with Crippen LogP contribution >= 0.6 is 0 Å². The van der Waals surface area contributed by atoms with Crippen molar-refractivity contribution in [1.82, 2.24) is 15.1 Å². The molecule has 1 aliphatic rings. The third-order valence-corrected chi connectivity index (χ3v) is 3.52. The van der Waals surface area contributed by atoms with E-state index in [0.29, 0.717) is 11.3 Å². The Morgan fingerprint density at radius 1 is 1.32 bits per heavy atom.